The largest absolute Gasteiger partial charge is 0.396 e. The van der Waals surface area contributed by atoms with E-state index in [-0.39, 0.29) is 6.61 Å². The van der Waals surface area contributed by atoms with Gasteiger partial charge in [0.2, 0.25) is 0 Å². The Morgan fingerprint density at radius 3 is 2.13 bits per heavy atom. The molecule has 0 bridgehead atoms. The summed E-state index contributed by atoms with van der Waals surface area (Å²) >= 11 is 0. The number of hydrogen-bond donors (Lipinski definition) is 1. The Hall–Kier alpha value is -0.0831. The lowest BCUT2D eigenvalue weighted by atomic mass is 9.99. The summed E-state index contributed by atoms with van der Waals surface area (Å²) in [6.07, 6.45) is 0.824. The van der Waals surface area contributed by atoms with Gasteiger partial charge in [-0.25, -0.2) is 0 Å². The zero-order valence-corrected chi connectivity index (χ0v) is 12.5. The molecule has 0 aliphatic heterocycles. The van der Waals surface area contributed by atoms with Crippen LogP contribution in [0, 0.1) is 5.92 Å². The van der Waals surface area contributed by atoms with Crippen LogP contribution in [0.2, 0.25) is 18.1 Å². The Bertz CT molecular complexity index is 227. The minimum absolute atomic E-state index is 0.273. The summed E-state index contributed by atoms with van der Waals surface area (Å²) in [4.78, 5) is 0. The lowest BCUT2D eigenvalue weighted by Crippen LogP contribution is -2.40. The van der Waals surface area contributed by atoms with E-state index in [1.807, 2.05) is 0 Å². The molecule has 0 aliphatic carbocycles. The minimum Gasteiger partial charge on any atom is -0.396 e. The van der Waals surface area contributed by atoms with Crippen LogP contribution >= 0.6 is 0 Å². The summed E-state index contributed by atoms with van der Waals surface area (Å²) in [7, 11) is -1.37. The molecule has 0 saturated carbocycles. The highest BCUT2D eigenvalue weighted by atomic mass is 28.3. The van der Waals surface area contributed by atoms with Crippen molar-refractivity contribution in [3.05, 3.63) is 11.3 Å². The van der Waals surface area contributed by atoms with Crippen LogP contribution in [-0.2, 0) is 0 Å². The minimum atomic E-state index is -1.37. The highest BCUT2D eigenvalue weighted by molar-refractivity contribution is 6.85. The molecular formula is C13H28OSi. The summed E-state index contributed by atoms with van der Waals surface area (Å²) in [6, 6.07) is 0. The quantitative estimate of drug-likeness (QED) is 0.705. The number of aliphatic hydroxyl groups excluding tert-OH is 1. The molecule has 15 heavy (non-hydrogen) atoms. The standard InChI is InChI=1S/C13H28OSi/c1-11(2)13(4,5)15(6,7)10-12(3)8-9-14/h10-11,14H,8-9H2,1-7H3/b12-10+. The average Bonchev–Trinajstić information content (AvgIpc) is 2.02. The molecule has 1 nitrogen and oxygen atoms in total. The van der Waals surface area contributed by atoms with Crippen LogP contribution in [0.4, 0.5) is 0 Å². The van der Waals surface area contributed by atoms with E-state index >= 15 is 0 Å². The van der Waals surface area contributed by atoms with E-state index < -0.39 is 8.07 Å². The maximum atomic E-state index is 8.92. The van der Waals surface area contributed by atoms with Gasteiger partial charge >= 0.3 is 0 Å². The first-order chi connectivity index (χ1) is 6.65. The van der Waals surface area contributed by atoms with Crippen LogP contribution in [0.25, 0.3) is 0 Å². The molecule has 0 unspecified atom stereocenters. The molecule has 0 spiro atoms. The van der Waals surface area contributed by atoms with Gasteiger partial charge in [0.05, 0.1) is 8.07 Å². The van der Waals surface area contributed by atoms with Gasteiger partial charge in [-0.3, -0.25) is 0 Å². The normalized spacial score (nSPS) is 14.9. The van der Waals surface area contributed by atoms with Gasteiger partial charge in [-0.1, -0.05) is 52.1 Å². The van der Waals surface area contributed by atoms with Crippen molar-refractivity contribution in [3.63, 3.8) is 0 Å². The topological polar surface area (TPSA) is 20.2 Å². The van der Waals surface area contributed by atoms with Gasteiger partial charge in [-0.2, -0.15) is 0 Å². The van der Waals surface area contributed by atoms with Crippen LogP contribution < -0.4 is 0 Å². The highest BCUT2D eigenvalue weighted by Gasteiger charge is 2.39. The molecule has 0 fully saturated rings. The van der Waals surface area contributed by atoms with Crippen LogP contribution in [-0.4, -0.2) is 19.8 Å². The predicted octanol–water partition coefficient (Wildman–Crippen LogP) is 4.00. The van der Waals surface area contributed by atoms with Crippen molar-refractivity contribution in [2.75, 3.05) is 6.61 Å². The molecule has 0 rings (SSSR count). The second-order valence-electron chi connectivity index (χ2n) is 6.06. The maximum absolute atomic E-state index is 8.92. The van der Waals surface area contributed by atoms with E-state index in [9.17, 15) is 0 Å². The fraction of sp³-hybridized carbons (Fsp3) is 0.846. The van der Waals surface area contributed by atoms with Gasteiger partial charge in [0.15, 0.2) is 0 Å². The molecule has 0 amide bonds. The summed E-state index contributed by atoms with van der Waals surface area (Å²) in [5.74, 6) is 0.706. The Morgan fingerprint density at radius 1 is 1.33 bits per heavy atom. The van der Waals surface area contributed by atoms with E-state index in [1.165, 1.54) is 5.57 Å². The number of rotatable bonds is 5. The van der Waals surface area contributed by atoms with Crippen molar-refractivity contribution >= 4 is 8.07 Å². The molecule has 0 aromatic heterocycles. The lowest BCUT2D eigenvalue weighted by Gasteiger charge is -2.42. The first-order valence-electron chi connectivity index (χ1n) is 5.94. The van der Waals surface area contributed by atoms with E-state index in [4.69, 9.17) is 5.11 Å². The molecule has 2 heteroatoms. The van der Waals surface area contributed by atoms with Crippen molar-refractivity contribution in [1.29, 1.82) is 0 Å². The van der Waals surface area contributed by atoms with Crippen molar-refractivity contribution in [1.82, 2.24) is 0 Å². The highest BCUT2D eigenvalue weighted by Crippen LogP contribution is 2.45. The average molecular weight is 228 g/mol. The van der Waals surface area contributed by atoms with Crippen molar-refractivity contribution in [2.45, 2.75) is 59.2 Å². The van der Waals surface area contributed by atoms with E-state index in [0.717, 1.165) is 6.42 Å². The Morgan fingerprint density at radius 2 is 1.80 bits per heavy atom. The molecule has 0 aromatic carbocycles. The monoisotopic (exact) mass is 228 g/mol. The molecule has 0 heterocycles. The molecule has 0 aromatic rings. The fourth-order valence-corrected chi connectivity index (χ4v) is 5.03. The maximum Gasteiger partial charge on any atom is 0.0774 e. The second-order valence-corrected chi connectivity index (χ2v) is 11.1. The van der Waals surface area contributed by atoms with Gasteiger partial charge in [0.1, 0.15) is 0 Å². The summed E-state index contributed by atoms with van der Waals surface area (Å²) in [5.41, 5.74) is 3.81. The van der Waals surface area contributed by atoms with E-state index in [0.29, 0.717) is 11.0 Å². The van der Waals surface area contributed by atoms with Gasteiger partial charge in [-0.05, 0) is 24.3 Å². The first-order valence-corrected chi connectivity index (χ1v) is 9.02. The zero-order chi connectivity index (χ0) is 12.3. The van der Waals surface area contributed by atoms with Crippen molar-refractivity contribution < 1.29 is 5.11 Å². The molecular weight excluding hydrogens is 200 g/mol. The van der Waals surface area contributed by atoms with E-state index in [2.05, 4.69) is 53.4 Å². The predicted molar refractivity (Wildman–Crippen MR) is 71.8 cm³/mol. The molecule has 1 N–H and O–H groups in total. The van der Waals surface area contributed by atoms with Crippen LogP contribution in [0.3, 0.4) is 0 Å². The van der Waals surface area contributed by atoms with Gasteiger partial charge in [0.25, 0.3) is 0 Å². The summed E-state index contributed by atoms with van der Waals surface area (Å²) < 4.78 is 0. The van der Waals surface area contributed by atoms with Crippen molar-refractivity contribution in [2.24, 2.45) is 5.92 Å². The van der Waals surface area contributed by atoms with E-state index in [1.54, 1.807) is 0 Å². The molecule has 0 radical (unpaired) electrons. The van der Waals surface area contributed by atoms with Crippen LogP contribution in [0.15, 0.2) is 11.3 Å². The third-order valence-corrected chi connectivity index (χ3v) is 9.33. The fourth-order valence-electron chi connectivity index (χ4n) is 1.79. The summed E-state index contributed by atoms with van der Waals surface area (Å²) in [5, 5.41) is 9.33. The molecule has 0 aliphatic rings. The third kappa shape index (κ3) is 3.76. The van der Waals surface area contributed by atoms with Crippen LogP contribution in [0.5, 0.6) is 0 Å². The van der Waals surface area contributed by atoms with Gasteiger partial charge in [0, 0.05) is 6.61 Å². The third-order valence-electron chi connectivity index (χ3n) is 4.22. The van der Waals surface area contributed by atoms with Gasteiger partial charge < -0.3 is 5.11 Å². The Kier molecular flexibility index (Phi) is 5.28. The molecule has 0 saturated heterocycles. The molecule has 90 valence electrons. The SMILES string of the molecule is C/C(=C\[Si](C)(C)C(C)(C)C(C)C)CCO. The lowest BCUT2D eigenvalue weighted by molar-refractivity contribution is 0.299. The smallest absolute Gasteiger partial charge is 0.0774 e. The Labute approximate surface area is 96.6 Å². The first kappa shape index (κ1) is 14.9. The second kappa shape index (κ2) is 5.31. The molecule has 0 atom stereocenters. The number of hydrogen-bond acceptors (Lipinski definition) is 1. The van der Waals surface area contributed by atoms with Crippen molar-refractivity contribution in [3.8, 4) is 0 Å². The van der Waals surface area contributed by atoms with Crippen LogP contribution in [0.1, 0.15) is 41.0 Å². The van der Waals surface area contributed by atoms with Gasteiger partial charge in [-0.15, -0.1) is 0 Å². The zero-order valence-electron chi connectivity index (χ0n) is 11.5. The Balaban J connectivity index is 4.89. The number of aliphatic hydroxyl groups is 1. The summed E-state index contributed by atoms with van der Waals surface area (Å²) in [6.45, 7) is 16.6.